The van der Waals surface area contributed by atoms with Gasteiger partial charge in [-0.2, -0.15) is 0 Å². The van der Waals surface area contributed by atoms with E-state index in [2.05, 4.69) is 0 Å². The Hall–Kier alpha value is -2.29. The van der Waals surface area contributed by atoms with Gasteiger partial charge >= 0.3 is 0 Å². The van der Waals surface area contributed by atoms with Crippen LogP contribution in [0.5, 0.6) is 0 Å². The topological polar surface area (TPSA) is 46.3 Å². The molecule has 2 rings (SSSR count). The molecule has 0 spiro atoms. The average Bonchev–Trinajstić information content (AvgIpc) is 2.39. The first-order chi connectivity index (χ1) is 8.58. The molecule has 0 saturated heterocycles. The summed E-state index contributed by atoms with van der Waals surface area (Å²) in [5.41, 5.74) is 8.97. The largest absolute Gasteiger partial charge is 0.399 e. The first-order valence-corrected chi connectivity index (χ1v) is 5.78. The van der Waals surface area contributed by atoms with Crippen LogP contribution >= 0.6 is 0 Å². The summed E-state index contributed by atoms with van der Waals surface area (Å²) < 4.78 is 0. The third-order valence-electron chi connectivity index (χ3n) is 2.88. The number of carbonyl (C=O) groups is 1. The molecular formula is C15H16N2O. The molecule has 0 aliphatic heterocycles. The number of carbonyl (C=O) groups excluding carboxylic acids is 1. The molecule has 2 aromatic rings. The number of amides is 1. The molecule has 0 radical (unpaired) electrons. The molecule has 0 bridgehead atoms. The van der Waals surface area contributed by atoms with E-state index in [0.717, 1.165) is 11.3 Å². The smallest absolute Gasteiger partial charge is 0.258 e. The number of hydrogen-bond donors (Lipinski definition) is 1. The molecule has 0 fully saturated rings. The van der Waals surface area contributed by atoms with Crippen LogP contribution in [0.15, 0.2) is 48.5 Å². The SMILES string of the molecule is Cc1ccc(C(=O)N(C)c2ccc(N)cc2)cc1. The lowest BCUT2D eigenvalue weighted by Crippen LogP contribution is -2.26. The van der Waals surface area contributed by atoms with E-state index in [1.807, 2.05) is 43.3 Å². The maximum atomic E-state index is 12.2. The van der Waals surface area contributed by atoms with E-state index in [0.29, 0.717) is 11.3 Å². The summed E-state index contributed by atoms with van der Waals surface area (Å²) in [4.78, 5) is 13.9. The van der Waals surface area contributed by atoms with Gasteiger partial charge in [-0.1, -0.05) is 17.7 Å². The molecular weight excluding hydrogens is 224 g/mol. The highest BCUT2D eigenvalue weighted by atomic mass is 16.2. The van der Waals surface area contributed by atoms with Crippen LogP contribution in [0.2, 0.25) is 0 Å². The van der Waals surface area contributed by atoms with Gasteiger partial charge < -0.3 is 10.6 Å². The first kappa shape index (κ1) is 12.2. The Morgan fingerprint density at radius 3 is 2.11 bits per heavy atom. The lowest BCUT2D eigenvalue weighted by molar-refractivity contribution is 0.0993. The number of anilines is 2. The molecule has 2 aromatic carbocycles. The standard InChI is InChI=1S/C15H16N2O/c1-11-3-5-12(6-4-11)15(18)17(2)14-9-7-13(16)8-10-14/h3-10H,16H2,1-2H3. The van der Waals surface area contributed by atoms with Gasteiger partial charge in [-0.15, -0.1) is 0 Å². The zero-order chi connectivity index (χ0) is 13.1. The van der Waals surface area contributed by atoms with Crippen molar-refractivity contribution in [3.63, 3.8) is 0 Å². The van der Waals surface area contributed by atoms with Crippen LogP contribution in [-0.4, -0.2) is 13.0 Å². The van der Waals surface area contributed by atoms with E-state index >= 15 is 0 Å². The van der Waals surface area contributed by atoms with Gasteiger partial charge in [0.25, 0.3) is 5.91 Å². The number of nitrogens with zero attached hydrogens (tertiary/aromatic N) is 1. The highest BCUT2D eigenvalue weighted by Crippen LogP contribution is 2.17. The van der Waals surface area contributed by atoms with Gasteiger partial charge in [0.1, 0.15) is 0 Å². The summed E-state index contributed by atoms with van der Waals surface area (Å²) in [6.07, 6.45) is 0. The molecule has 0 heterocycles. The molecule has 0 saturated carbocycles. The maximum absolute atomic E-state index is 12.2. The van der Waals surface area contributed by atoms with Crippen molar-refractivity contribution < 1.29 is 4.79 Å². The number of nitrogens with two attached hydrogens (primary N) is 1. The fourth-order valence-electron chi connectivity index (χ4n) is 1.70. The molecule has 0 aromatic heterocycles. The lowest BCUT2D eigenvalue weighted by atomic mass is 10.1. The lowest BCUT2D eigenvalue weighted by Gasteiger charge is -2.17. The molecule has 3 nitrogen and oxygen atoms in total. The van der Waals surface area contributed by atoms with Crippen molar-refractivity contribution in [1.82, 2.24) is 0 Å². The van der Waals surface area contributed by atoms with Crippen molar-refractivity contribution in [2.24, 2.45) is 0 Å². The minimum Gasteiger partial charge on any atom is -0.399 e. The van der Waals surface area contributed by atoms with Crippen LogP contribution in [0, 0.1) is 6.92 Å². The Bertz CT molecular complexity index is 544. The Morgan fingerprint density at radius 2 is 1.56 bits per heavy atom. The highest BCUT2D eigenvalue weighted by molar-refractivity contribution is 6.05. The number of benzene rings is 2. The molecule has 18 heavy (non-hydrogen) atoms. The van der Waals surface area contributed by atoms with E-state index in [-0.39, 0.29) is 5.91 Å². The van der Waals surface area contributed by atoms with Crippen LogP contribution in [-0.2, 0) is 0 Å². The van der Waals surface area contributed by atoms with Gasteiger partial charge in [-0.25, -0.2) is 0 Å². The molecule has 0 aliphatic carbocycles. The summed E-state index contributed by atoms with van der Waals surface area (Å²) >= 11 is 0. The summed E-state index contributed by atoms with van der Waals surface area (Å²) in [7, 11) is 1.76. The predicted octanol–water partition coefficient (Wildman–Crippen LogP) is 2.85. The highest BCUT2D eigenvalue weighted by Gasteiger charge is 2.12. The van der Waals surface area contributed by atoms with Gasteiger partial charge in [0.15, 0.2) is 0 Å². The van der Waals surface area contributed by atoms with Gasteiger partial charge in [0.2, 0.25) is 0 Å². The van der Waals surface area contributed by atoms with Crippen molar-refractivity contribution >= 4 is 17.3 Å². The summed E-state index contributed by atoms with van der Waals surface area (Å²) in [6.45, 7) is 2.00. The van der Waals surface area contributed by atoms with Gasteiger partial charge in [0, 0.05) is 24.0 Å². The molecule has 3 heteroatoms. The fourth-order valence-corrected chi connectivity index (χ4v) is 1.70. The second kappa shape index (κ2) is 4.92. The molecule has 1 amide bonds. The second-order valence-electron chi connectivity index (χ2n) is 4.32. The Labute approximate surface area is 107 Å². The van der Waals surface area contributed by atoms with Crippen molar-refractivity contribution in [2.75, 3.05) is 17.7 Å². The zero-order valence-electron chi connectivity index (χ0n) is 10.6. The van der Waals surface area contributed by atoms with Crippen molar-refractivity contribution in [2.45, 2.75) is 6.92 Å². The Balaban J connectivity index is 2.23. The summed E-state index contributed by atoms with van der Waals surface area (Å²) in [5.74, 6) is -0.0280. The van der Waals surface area contributed by atoms with Gasteiger partial charge in [-0.3, -0.25) is 4.79 Å². The monoisotopic (exact) mass is 240 g/mol. The van der Waals surface area contributed by atoms with E-state index in [4.69, 9.17) is 5.73 Å². The molecule has 0 unspecified atom stereocenters. The van der Waals surface area contributed by atoms with Crippen LogP contribution in [0.1, 0.15) is 15.9 Å². The average molecular weight is 240 g/mol. The van der Waals surface area contributed by atoms with Crippen LogP contribution in [0.25, 0.3) is 0 Å². The zero-order valence-corrected chi connectivity index (χ0v) is 10.6. The molecule has 2 N–H and O–H groups in total. The van der Waals surface area contributed by atoms with E-state index in [1.165, 1.54) is 0 Å². The van der Waals surface area contributed by atoms with Crippen molar-refractivity contribution in [3.05, 3.63) is 59.7 Å². The normalized spacial score (nSPS) is 10.1. The first-order valence-electron chi connectivity index (χ1n) is 5.78. The van der Waals surface area contributed by atoms with Crippen molar-refractivity contribution in [1.29, 1.82) is 0 Å². The van der Waals surface area contributed by atoms with Gasteiger partial charge in [0.05, 0.1) is 0 Å². The predicted molar refractivity (Wildman–Crippen MR) is 74.8 cm³/mol. The molecule has 92 valence electrons. The number of nitrogen functional groups attached to an aromatic ring is 1. The van der Waals surface area contributed by atoms with Crippen molar-refractivity contribution in [3.8, 4) is 0 Å². The number of rotatable bonds is 2. The molecule has 0 atom stereocenters. The van der Waals surface area contributed by atoms with E-state index in [1.54, 1.807) is 24.1 Å². The second-order valence-corrected chi connectivity index (χ2v) is 4.32. The fraction of sp³-hybridized carbons (Fsp3) is 0.133. The Morgan fingerprint density at radius 1 is 1.00 bits per heavy atom. The number of aryl methyl sites for hydroxylation is 1. The Kier molecular flexibility index (Phi) is 3.33. The third-order valence-corrected chi connectivity index (χ3v) is 2.88. The van der Waals surface area contributed by atoms with E-state index < -0.39 is 0 Å². The quantitative estimate of drug-likeness (QED) is 0.820. The summed E-state index contributed by atoms with van der Waals surface area (Å²) in [6, 6.07) is 14.8. The van der Waals surface area contributed by atoms with Crippen LogP contribution in [0.3, 0.4) is 0 Å². The maximum Gasteiger partial charge on any atom is 0.258 e. The number of hydrogen-bond acceptors (Lipinski definition) is 2. The van der Waals surface area contributed by atoms with Crippen LogP contribution < -0.4 is 10.6 Å². The minimum absolute atomic E-state index is 0.0280. The third kappa shape index (κ3) is 2.51. The van der Waals surface area contributed by atoms with Crippen LogP contribution in [0.4, 0.5) is 11.4 Å². The van der Waals surface area contributed by atoms with E-state index in [9.17, 15) is 4.79 Å². The minimum atomic E-state index is -0.0280. The van der Waals surface area contributed by atoms with Gasteiger partial charge in [-0.05, 0) is 43.3 Å². The molecule has 0 aliphatic rings. The summed E-state index contributed by atoms with van der Waals surface area (Å²) in [5, 5.41) is 0.